The van der Waals surface area contributed by atoms with Crippen LogP contribution in [-0.2, 0) is 16.1 Å². The van der Waals surface area contributed by atoms with E-state index < -0.39 is 17.4 Å². The number of aliphatic carboxylic acids is 1. The largest absolute Gasteiger partial charge is 0.481 e. The maximum atomic E-state index is 11.8. The summed E-state index contributed by atoms with van der Waals surface area (Å²) in [5, 5.41) is 20.3. The molecule has 2 aromatic rings. The number of amides is 1. The summed E-state index contributed by atoms with van der Waals surface area (Å²) in [5.41, 5.74) is 2.46. The van der Waals surface area contributed by atoms with E-state index >= 15 is 0 Å². The fourth-order valence-corrected chi connectivity index (χ4v) is 4.37. The molecule has 7 nitrogen and oxygen atoms in total. The Kier molecular flexibility index (Phi) is 4.65. The van der Waals surface area contributed by atoms with Crippen molar-refractivity contribution in [1.29, 1.82) is 0 Å². The fourth-order valence-electron chi connectivity index (χ4n) is 4.24. The van der Waals surface area contributed by atoms with E-state index in [4.69, 9.17) is 11.6 Å². The van der Waals surface area contributed by atoms with Gasteiger partial charge in [-0.2, -0.15) is 5.10 Å². The Morgan fingerprint density at radius 1 is 1.30 bits per heavy atom. The molecule has 0 aliphatic carbocycles. The van der Waals surface area contributed by atoms with Gasteiger partial charge in [0.15, 0.2) is 0 Å². The maximum Gasteiger partial charge on any atom is 0.309 e. The third kappa shape index (κ3) is 3.44. The highest BCUT2D eigenvalue weighted by molar-refractivity contribution is 6.30. The van der Waals surface area contributed by atoms with Crippen LogP contribution in [0.1, 0.15) is 24.8 Å². The second-order valence-corrected chi connectivity index (χ2v) is 7.79. The standard InChI is InChI=1S/C19H21ClN4O3/c20-14-3-1-12(2-4-14)17-13(10-21-23-17)11-24-7-5-19(6-8-24)15(18(26)27)9-16(25)22-19/h1-4,10,15H,5-9,11H2,(H,21,23)(H,22,25)(H,26,27)/t15-/m0/s1. The summed E-state index contributed by atoms with van der Waals surface area (Å²) in [7, 11) is 0. The zero-order valence-corrected chi connectivity index (χ0v) is 15.5. The first-order valence-electron chi connectivity index (χ1n) is 9.01. The number of carboxylic acids is 1. The molecule has 2 fully saturated rings. The molecule has 1 aromatic carbocycles. The lowest BCUT2D eigenvalue weighted by molar-refractivity contribution is -0.144. The van der Waals surface area contributed by atoms with Crippen LogP contribution in [0.2, 0.25) is 5.02 Å². The van der Waals surface area contributed by atoms with Crippen molar-refractivity contribution in [3.63, 3.8) is 0 Å². The van der Waals surface area contributed by atoms with Crippen LogP contribution in [0.25, 0.3) is 11.3 Å². The number of benzene rings is 1. The summed E-state index contributed by atoms with van der Waals surface area (Å²) in [5.74, 6) is -1.68. The molecular weight excluding hydrogens is 368 g/mol. The predicted octanol–water partition coefficient (Wildman–Crippen LogP) is 2.29. The van der Waals surface area contributed by atoms with Gasteiger partial charge in [-0.1, -0.05) is 23.7 Å². The number of hydrogen-bond donors (Lipinski definition) is 3. The fraction of sp³-hybridized carbons (Fsp3) is 0.421. The lowest BCUT2D eigenvalue weighted by Crippen LogP contribution is -2.55. The Bertz CT molecular complexity index is 856. The van der Waals surface area contributed by atoms with E-state index in [9.17, 15) is 14.7 Å². The molecule has 1 amide bonds. The van der Waals surface area contributed by atoms with Crippen LogP contribution in [0.5, 0.6) is 0 Å². The summed E-state index contributed by atoms with van der Waals surface area (Å²) in [6, 6.07) is 7.61. The normalized spacial score (nSPS) is 22.1. The highest BCUT2D eigenvalue weighted by atomic mass is 35.5. The summed E-state index contributed by atoms with van der Waals surface area (Å²) in [4.78, 5) is 25.6. The van der Waals surface area contributed by atoms with Crippen molar-refractivity contribution < 1.29 is 14.7 Å². The number of rotatable bonds is 4. The van der Waals surface area contributed by atoms with Crippen molar-refractivity contribution in [2.24, 2.45) is 5.92 Å². The van der Waals surface area contributed by atoms with Gasteiger partial charge in [0.25, 0.3) is 0 Å². The van der Waals surface area contributed by atoms with Gasteiger partial charge >= 0.3 is 5.97 Å². The zero-order valence-electron chi connectivity index (χ0n) is 14.7. The van der Waals surface area contributed by atoms with E-state index in [1.54, 1.807) is 0 Å². The van der Waals surface area contributed by atoms with E-state index in [2.05, 4.69) is 20.4 Å². The molecule has 2 aliphatic rings. The minimum absolute atomic E-state index is 0.0811. The molecule has 2 saturated heterocycles. The van der Waals surface area contributed by atoms with Crippen molar-refractivity contribution in [1.82, 2.24) is 20.4 Å². The molecule has 1 spiro atoms. The summed E-state index contributed by atoms with van der Waals surface area (Å²) < 4.78 is 0. The van der Waals surface area contributed by atoms with Crippen LogP contribution in [-0.4, -0.2) is 50.7 Å². The molecular formula is C19H21ClN4O3. The predicted molar refractivity (Wildman–Crippen MR) is 100 cm³/mol. The Morgan fingerprint density at radius 2 is 2.00 bits per heavy atom. The van der Waals surface area contributed by atoms with Crippen LogP contribution in [0.4, 0.5) is 0 Å². The number of piperidine rings is 1. The molecule has 3 N–H and O–H groups in total. The van der Waals surface area contributed by atoms with Gasteiger partial charge in [-0.25, -0.2) is 0 Å². The van der Waals surface area contributed by atoms with Crippen molar-refractivity contribution >= 4 is 23.5 Å². The third-order valence-corrected chi connectivity index (χ3v) is 5.99. The number of halogens is 1. The monoisotopic (exact) mass is 388 g/mol. The SMILES string of the molecule is O=C1C[C@@H](C(=O)O)C2(CCN(Cc3cn[nH]c3-c3ccc(Cl)cc3)CC2)N1. The van der Waals surface area contributed by atoms with Gasteiger partial charge < -0.3 is 10.4 Å². The number of nitrogens with one attached hydrogen (secondary N) is 2. The van der Waals surface area contributed by atoms with Gasteiger partial charge in [0, 0.05) is 36.6 Å². The molecule has 0 radical (unpaired) electrons. The Hall–Kier alpha value is -2.38. The van der Waals surface area contributed by atoms with E-state index in [0.717, 1.165) is 36.5 Å². The molecule has 1 aromatic heterocycles. The van der Waals surface area contributed by atoms with Gasteiger partial charge in [-0.05, 0) is 30.5 Å². The molecule has 0 bridgehead atoms. The molecule has 1 atom stereocenters. The first-order chi connectivity index (χ1) is 13.0. The quantitative estimate of drug-likeness (QED) is 0.746. The minimum Gasteiger partial charge on any atom is -0.481 e. The second kappa shape index (κ2) is 6.98. The van der Waals surface area contributed by atoms with Gasteiger partial charge in [-0.3, -0.25) is 19.6 Å². The smallest absolute Gasteiger partial charge is 0.309 e. The third-order valence-electron chi connectivity index (χ3n) is 5.74. The number of carbonyl (C=O) groups excluding carboxylic acids is 1. The van der Waals surface area contributed by atoms with E-state index in [1.807, 2.05) is 30.5 Å². The van der Waals surface area contributed by atoms with Gasteiger partial charge in [0.1, 0.15) is 0 Å². The van der Waals surface area contributed by atoms with E-state index in [-0.39, 0.29) is 12.3 Å². The molecule has 8 heteroatoms. The molecule has 0 saturated carbocycles. The van der Waals surface area contributed by atoms with Crippen LogP contribution in [0, 0.1) is 5.92 Å². The lowest BCUT2D eigenvalue weighted by Gasteiger charge is -2.41. The van der Waals surface area contributed by atoms with E-state index in [1.165, 1.54) is 0 Å². The van der Waals surface area contributed by atoms with Crippen molar-refractivity contribution in [2.45, 2.75) is 31.3 Å². The van der Waals surface area contributed by atoms with Gasteiger partial charge in [0.05, 0.1) is 23.3 Å². The van der Waals surface area contributed by atoms with Gasteiger partial charge in [0.2, 0.25) is 5.91 Å². The minimum atomic E-state index is -0.887. The molecule has 2 aliphatic heterocycles. The summed E-state index contributed by atoms with van der Waals surface area (Å²) in [6.07, 6.45) is 3.19. The number of aromatic nitrogens is 2. The first kappa shape index (κ1) is 18.0. The Labute approximate surface area is 161 Å². The number of carbonyl (C=O) groups is 2. The number of H-pyrrole nitrogens is 1. The van der Waals surface area contributed by atoms with Crippen LogP contribution < -0.4 is 5.32 Å². The highest BCUT2D eigenvalue weighted by Crippen LogP contribution is 2.37. The second-order valence-electron chi connectivity index (χ2n) is 7.35. The van der Waals surface area contributed by atoms with Crippen molar-refractivity contribution in [3.8, 4) is 11.3 Å². The summed E-state index contributed by atoms with van der Waals surface area (Å²) >= 11 is 5.97. The maximum absolute atomic E-state index is 11.8. The molecule has 3 heterocycles. The zero-order chi connectivity index (χ0) is 19.0. The average Bonchev–Trinajstić information content (AvgIpc) is 3.22. The first-order valence-corrected chi connectivity index (χ1v) is 9.39. The van der Waals surface area contributed by atoms with Crippen molar-refractivity contribution in [3.05, 3.63) is 41.0 Å². The van der Waals surface area contributed by atoms with Crippen molar-refractivity contribution in [2.75, 3.05) is 13.1 Å². The number of carboxylic acid groups (broad SMARTS) is 1. The number of aromatic amines is 1. The lowest BCUT2D eigenvalue weighted by atomic mass is 9.77. The molecule has 27 heavy (non-hydrogen) atoms. The average molecular weight is 389 g/mol. The highest BCUT2D eigenvalue weighted by Gasteiger charge is 2.51. The van der Waals surface area contributed by atoms with Crippen LogP contribution >= 0.6 is 11.6 Å². The van der Waals surface area contributed by atoms with Crippen LogP contribution in [0.15, 0.2) is 30.5 Å². The molecule has 0 unspecified atom stereocenters. The Morgan fingerprint density at radius 3 is 2.67 bits per heavy atom. The number of hydrogen-bond acceptors (Lipinski definition) is 4. The topological polar surface area (TPSA) is 98.3 Å². The van der Waals surface area contributed by atoms with E-state index in [0.29, 0.717) is 17.9 Å². The van der Waals surface area contributed by atoms with Crippen LogP contribution in [0.3, 0.4) is 0 Å². The summed E-state index contributed by atoms with van der Waals surface area (Å²) in [6.45, 7) is 2.18. The molecule has 142 valence electrons. The molecule has 4 rings (SSSR count). The Balaban J connectivity index is 1.45. The van der Waals surface area contributed by atoms with Gasteiger partial charge in [-0.15, -0.1) is 0 Å². The number of likely N-dealkylation sites (tertiary alicyclic amines) is 1. The number of nitrogens with zero attached hydrogens (tertiary/aromatic N) is 2.